The number of benzene rings is 1. The number of ether oxygens (including phenoxy) is 1. The third kappa shape index (κ3) is 3.64. The molecule has 0 aliphatic carbocycles. The number of amides is 2. The van der Waals surface area contributed by atoms with E-state index in [1.54, 1.807) is 17.0 Å². The Morgan fingerprint density at radius 1 is 1.15 bits per heavy atom. The smallest absolute Gasteiger partial charge is 0.406 e. The highest BCUT2D eigenvalue weighted by Gasteiger charge is 2.49. The maximum Gasteiger partial charge on any atom is 0.573 e. The number of nitrogens with one attached hydrogen (secondary N) is 1. The van der Waals surface area contributed by atoms with E-state index < -0.39 is 6.36 Å². The summed E-state index contributed by atoms with van der Waals surface area (Å²) in [7, 11) is 0. The van der Waals surface area contributed by atoms with Gasteiger partial charge in [-0.1, -0.05) is 0 Å². The number of likely N-dealkylation sites (tertiary alicyclic amines) is 1. The lowest BCUT2D eigenvalue weighted by Crippen LogP contribution is -2.68. The van der Waals surface area contributed by atoms with Gasteiger partial charge in [0.1, 0.15) is 5.75 Å². The monoisotopic (exact) mass is 396 g/mol. The molecule has 2 aromatic rings. The molecule has 0 bridgehead atoms. The second-order valence-electron chi connectivity index (χ2n) is 6.73. The van der Waals surface area contributed by atoms with Gasteiger partial charge in [-0.2, -0.15) is 0 Å². The maximum atomic E-state index is 12.6. The van der Waals surface area contributed by atoms with E-state index in [1.807, 2.05) is 0 Å². The van der Waals surface area contributed by atoms with Crippen molar-refractivity contribution in [3.05, 3.63) is 41.3 Å². The van der Waals surface area contributed by atoms with Gasteiger partial charge in [0, 0.05) is 24.4 Å². The Labute approximate surface area is 156 Å². The SMILES string of the molecule is O=C1CCC2(CN(C(=O)c3ccc(-c4ccc(OC(F)(F)F)cc4)s3)C2)N1. The summed E-state index contributed by atoms with van der Waals surface area (Å²) in [6.45, 7) is 1.02. The first kappa shape index (κ1) is 17.8. The van der Waals surface area contributed by atoms with Crippen LogP contribution in [-0.2, 0) is 4.79 Å². The molecule has 0 saturated carbocycles. The van der Waals surface area contributed by atoms with E-state index in [0.29, 0.717) is 30.0 Å². The van der Waals surface area contributed by atoms with Gasteiger partial charge in [-0.3, -0.25) is 9.59 Å². The van der Waals surface area contributed by atoms with E-state index in [2.05, 4.69) is 10.1 Å². The van der Waals surface area contributed by atoms with Crippen LogP contribution >= 0.6 is 11.3 Å². The topological polar surface area (TPSA) is 58.6 Å². The fourth-order valence-electron chi connectivity index (χ4n) is 3.42. The molecule has 1 spiro atoms. The Kier molecular flexibility index (Phi) is 4.14. The molecule has 2 fully saturated rings. The molecule has 2 aliphatic heterocycles. The van der Waals surface area contributed by atoms with E-state index in [4.69, 9.17) is 0 Å². The van der Waals surface area contributed by atoms with Gasteiger partial charge in [-0.25, -0.2) is 0 Å². The zero-order valence-electron chi connectivity index (χ0n) is 14.0. The van der Waals surface area contributed by atoms with E-state index >= 15 is 0 Å². The second kappa shape index (κ2) is 6.26. The van der Waals surface area contributed by atoms with Crippen LogP contribution < -0.4 is 10.1 Å². The van der Waals surface area contributed by atoms with Crippen LogP contribution in [0.25, 0.3) is 10.4 Å². The van der Waals surface area contributed by atoms with Gasteiger partial charge in [0.25, 0.3) is 5.91 Å². The summed E-state index contributed by atoms with van der Waals surface area (Å²) in [5, 5.41) is 2.93. The van der Waals surface area contributed by atoms with E-state index in [9.17, 15) is 22.8 Å². The summed E-state index contributed by atoms with van der Waals surface area (Å²) in [6, 6.07) is 9.00. The molecule has 2 amide bonds. The standard InChI is InChI=1S/C18H15F3N2O3S/c19-18(20,21)26-12-3-1-11(2-4-12)13-5-6-14(27-13)16(25)23-9-17(10-23)8-7-15(24)22-17/h1-6H,7-10H2,(H,22,24). The highest BCUT2D eigenvalue weighted by atomic mass is 32.1. The highest BCUT2D eigenvalue weighted by Crippen LogP contribution is 2.35. The lowest BCUT2D eigenvalue weighted by molar-refractivity contribution is -0.274. The first-order valence-corrected chi connectivity index (χ1v) is 9.11. The minimum Gasteiger partial charge on any atom is -0.406 e. The van der Waals surface area contributed by atoms with Crippen LogP contribution in [0.15, 0.2) is 36.4 Å². The molecule has 3 heterocycles. The van der Waals surface area contributed by atoms with Crippen LogP contribution in [0.4, 0.5) is 13.2 Å². The molecule has 2 aliphatic rings. The quantitative estimate of drug-likeness (QED) is 0.865. The Hall–Kier alpha value is -2.55. The van der Waals surface area contributed by atoms with E-state index in [1.165, 1.54) is 35.6 Å². The normalized spacial score (nSPS) is 18.3. The van der Waals surface area contributed by atoms with Crippen LogP contribution in [-0.4, -0.2) is 41.7 Å². The van der Waals surface area contributed by atoms with Crippen molar-refractivity contribution in [3.8, 4) is 16.2 Å². The molecular formula is C18H15F3N2O3S. The van der Waals surface area contributed by atoms with Gasteiger partial charge in [-0.15, -0.1) is 24.5 Å². The van der Waals surface area contributed by atoms with Crippen LogP contribution in [0.1, 0.15) is 22.5 Å². The molecule has 1 aromatic heterocycles. The molecule has 1 N–H and O–H groups in total. The van der Waals surface area contributed by atoms with Gasteiger partial charge >= 0.3 is 6.36 Å². The van der Waals surface area contributed by atoms with Gasteiger partial charge < -0.3 is 15.0 Å². The zero-order valence-corrected chi connectivity index (χ0v) is 14.8. The van der Waals surface area contributed by atoms with Crippen molar-refractivity contribution in [2.75, 3.05) is 13.1 Å². The predicted octanol–water partition coefficient (Wildman–Crippen LogP) is 3.42. The van der Waals surface area contributed by atoms with Crippen LogP contribution in [0.2, 0.25) is 0 Å². The Bertz CT molecular complexity index is 886. The molecule has 2 saturated heterocycles. The van der Waals surface area contributed by atoms with Crippen LogP contribution in [0, 0.1) is 0 Å². The van der Waals surface area contributed by atoms with E-state index in [-0.39, 0.29) is 23.1 Å². The number of hydrogen-bond donors (Lipinski definition) is 1. The van der Waals surface area contributed by atoms with Crippen molar-refractivity contribution in [1.82, 2.24) is 10.2 Å². The summed E-state index contributed by atoms with van der Waals surface area (Å²) in [5.41, 5.74) is 0.443. The average molecular weight is 396 g/mol. The number of halogens is 3. The second-order valence-corrected chi connectivity index (χ2v) is 7.81. The van der Waals surface area contributed by atoms with Crippen LogP contribution in [0.5, 0.6) is 5.75 Å². The lowest BCUT2D eigenvalue weighted by atomic mass is 9.88. The van der Waals surface area contributed by atoms with Crippen molar-refractivity contribution in [3.63, 3.8) is 0 Å². The molecule has 0 radical (unpaired) electrons. The number of rotatable bonds is 3. The number of nitrogens with zero attached hydrogens (tertiary/aromatic N) is 1. The third-order valence-corrected chi connectivity index (χ3v) is 5.82. The largest absolute Gasteiger partial charge is 0.573 e. The van der Waals surface area contributed by atoms with Crippen molar-refractivity contribution >= 4 is 23.2 Å². The molecule has 0 unspecified atom stereocenters. The number of alkyl halides is 3. The Morgan fingerprint density at radius 2 is 1.85 bits per heavy atom. The molecule has 1 aromatic carbocycles. The molecule has 142 valence electrons. The van der Waals surface area contributed by atoms with Crippen molar-refractivity contribution < 1.29 is 27.5 Å². The number of thiophene rings is 1. The summed E-state index contributed by atoms with van der Waals surface area (Å²) in [5.74, 6) is -0.364. The number of carbonyl (C=O) groups is 2. The molecule has 27 heavy (non-hydrogen) atoms. The maximum absolute atomic E-state index is 12.6. The summed E-state index contributed by atoms with van der Waals surface area (Å²) in [4.78, 5) is 27.0. The molecule has 5 nitrogen and oxygen atoms in total. The molecule has 9 heteroatoms. The fraction of sp³-hybridized carbons (Fsp3) is 0.333. The lowest BCUT2D eigenvalue weighted by Gasteiger charge is -2.47. The molecule has 0 atom stereocenters. The summed E-state index contributed by atoms with van der Waals surface area (Å²) in [6.07, 6.45) is -3.48. The van der Waals surface area contributed by atoms with Gasteiger partial charge in [0.15, 0.2) is 0 Å². The summed E-state index contributed by atoms with van der Waals surface area (Å²) >= 11 is 1.28. The van der Waals surface area contributed by atoms with Gasteiger partial charge in [-0.05, 0) is 48.4 Å². The fourth-order valence-corrected chi connectivity index (χ4v) is 4.40. The van der Waals surface area contributed by atoms with Crippen molar-refractivity contribution in [1.29, 1.82) is 0 Å². The zero-order chi connectivity index (χ0) is 19.2. The first-order valence-electron chi connectivity index (χ1n) is 8.29. The minimum absolute atomic E-state index is 0.0264. The molecular weight excluding hydrogens is 381 g/mol. The van der Waals surface area contributed by atoms with Gasteiger partial charge in [0.05, 0.1) is 10.4 Å². The first-order chi connectivity index (χ1) is 12.7. The van der Waals surface area contributed by atoms with Crippen molar-refractivity contribution in [2.24, 2.45) is 0 Å². The van der Waals surface area contributed by atoms with Crippen LogP contribution in [0.3, 0.4) is 0 Å². The predicted molar refractivity (Wildman–Crippen MR) is 92.4 cm³/mol. The average Bonchev–Trinajstić information content (AvgIpc) is 3.19. The van der Waals surface area contributed by atoms with Gasteiger partial charge in [0.2, 0.25) is 5.91 Å². The minimum atomic E-state index is -4.72. The van der Waals surface area contributed by atoms with E-state index in [0.717, 1.165) is 11.3 Å². The summed E-state index contributed by atoms with van der Waals surface area (Å²) < 4.78 is 40.5. The Morgan fingerprint density at radius 3 is 2.44 bits per heavy atom. The number of hydrogen-bond acceptors (Lipinski definition) is 4. The third-order valence-electron chi connectivity index (χ3n) is 4.70. The Balaban J connectivity index is 1.41. The number of carbonyl (C=O) groups excluding carboxylic acids is 2. The highest BCUT2D eigenvalue weighted by molar-refractivity contribution is 7.17. The van der Waals surface area contributed by atoms with Crippen molar-refractivity contribution in [2.45, 2.75) is 24.7 Å². The molecule has 4 rings (SSSR count).